The number of sulfone groups is 1. The third-order valence-corrected chi connectivity index (χ3v) is 7.85. The summed E-state index contributed by atoms with van der Waals surface area (Å²) in [5, 5.41) is 0. The van der Waals surface area contributed by atoms with Crippen molar-refractivity contribution in [2.75, 3.05) is 18.1 Å². The molecular formula is C16H22N2O5S2. The first kappa shape index (κ1) is 18.3. The second-order valence-corrected chi connectivity index (χ2v) is 10.5. The van der Waals surface area contributed by atoms with Gasteiger partial charge in [-0.1, -0.05) is 0 Å². The Balaban J connectivity index is 1.75. The van der Waals surface area contributed by atoms with E-state index in [4.69, 9.17) is 0 Å². The van der Waals surface area contributed by atoms with E-state index in [1.807, 2.05) is 0 Å². The lowest BCUT2D eigenvalue weighted by atomic mass is 10.1. The lowest BCUT2D eigenvalue weighted by molar-refractivity contribution is 0.0708. The first-order chi connectivity index (χ1) is 11.7. The molecule has 0 spiro atoms. The van der Waals surface area contributed by atoms with Crippen molar-refractivity contribution in [1.82, 2.24) is 9.62 Å². The number of nitrogens with one attached hydrogen (secondary N) is 1. The van der Waals surface area contributed by atoms with Gasteiger partial charge in [-0.3, -0.25) is 4.79 Å². The van der Waals surface area contributed by atoms with Crippen molar-refractivity contribution in [3.63, 3.8) is 0 Å². The zero-order valence-electron chi connectivity index (χ0n) is 14.0. The number of hydrogen-bond acceptors (Lipinski definition) is 5. The van der Waals surface area contributed by atoms with Crippen LogP contribution in [-0.2, 0) is 19.9 Å². The van der Waals surface area contributed by atoms with Gasteiger partial charge in [0.15, 0.2) is 9.84 Å². The molecule has 0 radical (unpaired) electrons. The van der Waals surface area contributed by atoms with Crippen molar-refractivity contribution in [3.8, 4) is 0 Å². The van der Waals surface area contributed by atoms with E-state index in [0.29, 0.717) is 18.5 Å². The van der Waals surface area contributed by atoms with Crippen LogP contribution in [0.3, 0.4) is 0 Å². The van der Waals surface area contributed by atoms with Crippen molar-refractivity contribution in [2.24, 2.45) is 0 Å². The van der Waals surface area contributed by atoms with E-state index < -0.39 is 19.9 Å². The molecule has 1 aliphatic carbocycles. The van der Waals surface area contributed by atoms with Gasteiger partial charge in [0.1, 0.15) is 0 Å². The van der Waals surface area contributed by atoms with Crippen molar-refractivity contribution in [2.45, 2.75) is 43.2 Å². The highest BCUT2D eigenvalue weighted by atomic mass is 32.2. The van der Waals surface area contributed by atoms with Gasteiger partial charge in [-0.25, -0.2) is 21.6 Å². The largest absolute Gasteiger partial charge is 0.335 e. The van der Waals surface area contributed by atoms with E-state index in [1.54, 1.807) is 11.8 Å². The summed E-state index contributed by atoms with van der Waals surface area (Å²) in [4.78, 5) is 14.4. The Hall–Kier alpha value is -1.45. The molecule has 1 saturated carbocycles. The van der Waals surface area contributed by atoms with E-state index in [9.17, 15) is 21.6 Å². The van der Waals surface area contributed by atoms with E-state index >= 15 is 0 Å². The third kappa shape index (κ3) is 4.21. The summed E-state index contributed by atoms with van der Waals surface area (Å²) < 4.78 is 50.2. The summed E-state index contributed by atoms with van der Waals surface area (Å²) in [6, 6.07) is 5.49. The van der Waals surface area contributed by atoms with Gasteiger partial charge in [-0.2, -0.15) is 0 Å². The Labute approximate surface area is 148 Å². The van der Waals surface area contributed by atoms with E-state index in [-0.39, 0.29) is 34.4 Å². The predicted octanol–water partition coefficient (Wildman–Crippen LogP) is 0.777. The third-order valence-electron chi connectivity index (χ3n) is 4.56. The number of hydrogen-bond donors (Lipinski definition) is 1. The smallest absolute Gasteiger partial charge is 0.254 e. The minimum Gasteiger partial charge on any atom is -0.335 e. The Bertz CT molecular complexity index is 858. The van der Waals surface area contributed by atoms with E-state index in [0.717, 1.165) is 12.8 Å². The number of rotatable bonds is 6. The average molecular weight is 386 g/mol. The molecule has 1 unspecified atom stereocenters. The van der Waals surface area contributed by atoms with Crippen LogP contribution in [0.2, 0.25) is 0 Å². The molecule has 0 aromatic heterocycles. The highest BCUT2D eigenvalue weighted by molar-refractivity contribution is 7.91. The molecule has 1 aromatic rings. The molecule has 9 heteroatoms. The standard InChI is InChI=1S/C16H22N2O5S2/c1-2-18(14-9-10-24(20,21)11-14)16(19)12-3-7-15(8-4-12)25(22,23)17-13-5-6-13/h3-4,7-8,13-14,17H,2,5-6,9-11H2,1H3. The number of nitrogens with zero attached hydrogens (tertiary/aromatic N) is 1. The van der Waals surface area contributed by atoms with Crippen molar-refractivity contribution in [3.05, 3.63) is 29.8 Å². The molecular weight excluding hydrogens is 364 g/mol. The van der Waals surface area contributed by atoms with Crippen LogP contribution >= 0.6 is 0 Å². The number of amides is 1. The summed E-state index contributed by atoms with van der Waals surface area (Å²) in [5.41, 5.74) is 0.358. The van der Waals surface area contributed by atoms with Gasteiger partial charge in [-0.05, 0) is 50.5 Å². The molecule has 0 bridgehead atoms. The lowest BCUT2D eigenvalue weighted by Gasteiger charge is -2.27. The maximum Gasteiger partial charge on any atom is 0.254 e. The highest BCUT2D eigenvalue weighted by Gasteiger charge is 2.34. The Morgan fingerprint density at radius 1 is 1.20 bits per heavy atom. The van der Waals surface area contributed by atoms with Crippen LogP contribution in [-0.4, -0.2) is 57.8 Å². The quantitative estimate of drug-likeness (QED) is 0.778. The van der Waals surface area contributed by atoms with Gasteiger partial charge in [0.2, 0.25) is 10.0 Å². The van der Waals surface area contributed by atoms with Crippen LogP contribution in [0.15, 0.2) is 29.2 Å². The summed E-state index contributed by atoms with van der Waals surface area (Å²) in [7, 11) is -6.63. The molecule has 138 valence electrons. The van der Waals surface area contributed by atoms with Crippen molar-refractivity contribution >= 4 is 25.8 Å². The number of carbonyl (C=O) groups excluding carboxylic acids is 1. The molecule has 1 heterocycles. The van der Waals surface area contributed by atoms with Gasteiger partial charge in [-0.15, -0.1) is 0 Å². The molecule has 2 fully saturated rings. The Morgan fingerprint density at radius 3 is 2.32 bits per heavy atom. The van der Waals surface area contributed by atoms with Gasteiger partial charge < -0.3 is 4.90 Å². The summed E-state index contributed by atoms with van der Waals surface area (Å²) in [6.45, 7) is 2.21. The molecule has 1 amide bonds. The van der Waals surface area contributed by atoms with Crippen LogP contribution in [0.4, 0.5) is 0 Å². The first-order valence-corrected chi connectivity index (χ1v) is 11.7. The fraction of sp³-hybridized carbons (Fsp3) is 0.562. The second-order valence-electron chi connectivity index (χ2n) is 6.57. The maximum absolute atomic E-state index is 12.7. The topological polar surface area (TPSA) is 101 Å². The predicted molar refractivity (Wildman–Crippen MR) is 93.6 cm³/mol. The monoisotopic (exact) mass is 386 g/mol. The lowest BCUT2D eigenvalue weighted by Crippen LogP contribution is -2.41. The average Bonchev–Trinajstić information content (AvgIpc) is 3.29. The number of carbonyl (C=O) groups is 1. The molecule has 25 heavy (non-hydrogen) atoms. The summed E-state index contributed by atoms with van der Waals surface area (Å²) in [6.07, 6.45) is 2.15. The zero-order valence-corrected chi connectivity index (χ0v) is 15.6. The summed E-state index contributed by atoms with van der Waals surface area (Å²) in [5.74, 6) is -0.181. The van der Waals surface area contributed by atoms with Crippen LogP contribution in [0.5, 0.6) is 0 Å². The first-order valence-electron chi connectivity index (χ1n) is 8.35. The second kappa shape index (κ2) is 6.69. The Morgan fingerprint density at radius 2 is 1.84 bits per heavy atom. The van der Waals surface area contributed by atoms with Gasteiger partial charge >= 0.3 is 0 Å². The molecule has 1 atom stereocenters. The van der Waals surface area contributed by atoms with Crippen LogP contribution in [0, 0.1) is 0 Å². The maximum atomic E-state index is 12.7. The minimum absolute atomic E-state index is 0.00957. The van der Waals surface area contributed by atoms with E-state index in [2.05, 4.69) is 4.72 Å². The van der Waals surface area contributed by atoms with Crippen LogP contribution < -0.4 is 4.72 Å². The molecule has 3 rings (SSSR count). The van der Waals surface area contributed by atoms with Crippen molar-refractivity contribution in [1.29, 1.82) is 0 Å². The van der Waals surface area contributed by atoms with Gasteiger partial charge in [0.25, 0.3) is 5.91 Å². The van der Waals surface area contributed by atoms with Crippen molar-refractivity contribution < 1.29 is 21.6 Å². The fourth-order valence-corrected chi connectivity index (χ4v) is 6.06. The normalized spacial score (nSPS) is 22.7. The van der Waals surface area contributed by atoms with Crippen LogP contribution in [0.1, 0.15) is 36.5 Å². The van der Waals surface area contributed by atoms with Crippen LogP contribution in [0.25, 0.3) is 0 Å². The molecule has 1 aromatic carbocycles. The molecule has 7 nitrogen and oxygen atoms in total. The molecule has 1 saturated heterocycles. The molecule has 1 N–H and O–H groups in total. The fourth-order valence-electron chi connectivity index (χ4n) is 3.02. The van der Waals surface area contributed by atoms with E-state index in [1.165, 1.54) is 24.3 Å². The molecule has 2 aliphatic rings. The zero-order chi connectivity index (χ0) is 18.2. The minimum atomic E-state index is -3.55. The Kier molecular flexibility index (Phi) is 4.91. The highest BCUT2D eigenvalue weighted by Crippen LogP contribution is 2.23. The SMILES string of the molecule is CCN(C(=O)c1ccc(S(=O)(=O)NC2CC2)cc1)C1CCS(=O)(=O)C1. The number of sulfonamides is 1. The van der Waals surface area contributed by atoms with Gasteiger partial charge in [0, 0.05) is 24.2 Å². The van der Waals surface area contributed by atoms with Gasteiger partial charge in [0.05, 0.1) is 16.4 Å². The number of benzene rings is 1. The summed E-state index contributed by atoms with van der Waals surface area (Å²) >= 11 is 0. The molecule has 1 aliphatic heterocycles.